The summed E-state index contributed by atoms with van der Waals surface area (Å²) in [5.41, 5.74) is 1.56. The van der Waals surface area contributed by atoms with Gasteiger partial charge in [-0.15, -0.1) is 0 Å². The fourth-order valence-corrected chi connectivity index (χ4v) is 3.42. The van der Waals surface area contributed by atoms with Crippen molar-refractivity contribution in [2.45, 2.75) is 26.3 Å². The van der Waals surface area contributed by atoms with Gasteiger partial charge in [-0.05, 0) is 61.7 Å². The van der Waals surface area contributed by atoms with Crippen LogP contribution in [0.3, 0.4) is 0 Å². The van der Waals surface area contributed by atoms with Gasteiger partial charge in [0.15, 0.2) is 0 Å². The van der Waals surface area contributed by atoms with Gasteiger partial charge in [0.25, 0.3) is 5.91 Å². The number of nitrogens with zero attached hydrogens (tertiary/aromatic N) is 1. The van der Waals surface area contributed by atoms with E-state index < -0.39 is 29.9 Å². The van der Waals surface area contributed by atoms with Crippen LogP contribution in [0.2, 0.25) is 5.02 Å². The number of nitrogens with one attached hydrogen (secondary N) is 2. The van der Waals surface area contributed by atoms with E-state index in [0.29, 0.717) is 22.0 Å². The summed E-state index contributed by atoms with van der Waals surface area (Å²) in [6.45, 7) is 4.92. The van der Waals surface area contributed by atoms with Crippen molar-refractivity contribution in [3.8, 4) is 5.75 Å². The highest BCUT2D eigenvalue weighted by Gasteiger charge is 2.49. The molecule has 1 heterocycles. The molecule has 1 fully saturated rings. The molecule has 0 spiro atoms. The maximum atomic E-state index is 13.0. The standard InChI is InChI=1S/C21H22ClN3O4/c1-12-5-7-15(10-16(12)22)23-18(26)11-25-19(27)21(3,24-20(25)28)14-6-8-17(29-4)13(2)9-14/h5-10H,11H2,1-4H3,(H,23,26)(H,24,28). The molecule has 1 saturated heterocycles. The summed E-state index contributed by atoms with van der Waals surface area (Å²) >= 11 is 6.06. The van der Waals surface area contributed by atoms with Gasteiger partial charge >= 0.3 is 6.03 Å². The van der Waals surface area contributed by atoms with E-state index in [0.717, 1.165) is 16.0 Å². The van der Waals surface area contributed by atoms with Crippen molar-refractivity contribution >= 4 is 35.1 Å². The second kappa shape index (κ2) is 7.75. The number of urea groups is 1. The van der Waals surface area contributed by atoms with Gasteiger partial charge < -0.3 is 15.4 Å². The van der Waals surface area contributed by atoms with Crippen LogP contribution < -0.4 is 15.4 Å². The molecule has 1 aliphatic heterocycles. The predicted octanol–water partition coefficient (Wildman–Crippen LogP) is 3.37. The number of ether oxygens (including phenoxy) is 1. The predicted molar refractivity (Wildman–Crippen MR) is 110 cm³/mol. The molecule has 152 valence electrons. The lowest BCUT2D eigenvalue weighted by molar-refractivity contribution is -0.133. The van der Waals surface area contributed by atoms with Crippen LogP contribution >= 0.6 is 11.6 Å². The van der Waals surface area contributed by atoms with Crippen LogP contribution in [0.5, 0.6) is 5.75 Å². The molecule has 2 aromatic rings. The van der Waals surface area contributed by atoms with E-state index in [1.54, 1.807) is 50.4 Å². The van der Waals surface area contributed by atoms with E-state index in [-0.39, 0.29) is 0 Å². The van der Waals surface area contributed by atoms with Gasteiger partial charge in [-0.2, -0.15) is 0 Å². The number of rotatable bonds is 5. The second-order valence-electron chi connectivity index (χ2n) is 7.14. The van der Waals surface area contributed by atoms with Gasteiger partial charge in [-0.25, -0.2) is 4.79 Å². The van der Waals surface area contributed by atoms with Crippen LogP contribution in [-0.4, -0.2) is 36.4 Å². The Morgan fingerprint density at radius 3 is 2.52 bits per heavy atom. The summed E-state index contributed by atoms with van der Waals surface area (Å²) < 4.78 is 5.24. The highest BCUT2D eigenvalue weighted by molar-refractivity contribution is 6.31. The van der Waals surface area contributed by atoms with Gasteiger partial charge in [0.2, 0.25) is 5.91 Å². The normalized spacial score (nSPS) is 18.6. The first-order valence-electron chi connectivity index (χ1n) is 9.01. The molecule has 0 radical (unpaired) electrons. The number of aryl methyl sites for hydroxylation is 2. The highest BCUT2D eigenvalue weighted by Crippen LogP contribution is 2.31. The molecule has 7 nitrogen and oxygen atoms in total. The fourth-order valence-electron chi connectivity index (χ4n) is 3.24. The second-order valence-corrected chi connectivity index (χ2v) is 7.55. The first-order valence-corrected chi connectivity index (χ1v) is 9.38. The Labute approximate surface area is 174 Å². The van der Waals surface area contributed by atoms with E-state index in [4.69, 9.17) is 16.3 Å². The number of hydrogen-bond donors (Lipinski definition) is 2. The van der Waals surface area contributed by atoms with Crippen molar-refractivity contribution in [1.29, 1.82) is 0 Å². The third-order valence-electron chi connectivity index (χ3n) is 5.00. The minimum absolute atomic E-state index is 0.402. The lowest BCUT2D eigenvalue weighted by Crippen LogP contribution is -2.42. The molecule has 2 aromatic carbocycles. The molecule has 0 aromatic heterocycles. The number of hydrogen-bond acceptors (Lipinski definition) is 4. The monoisotopic (exact) mass is 415 g/mol. The van der Waals surface area contributed by atoms with Crippen LogP contribution in [0.1, 0.15) is 23.6 Å². The quantitative estimate of drug-likeness (QED) is 0.733. The molecule has 8 heteroatoms. The molecule has 1 aliphatic rings. The van der Waals surface area contributed by atoms with E-state index in [2.05, 4.69) is 10.6 Å². The maximum absolute atomic E-state index is 13.0. The van der Waals surface area contributed by atoms with Gasteiger partial charge in [-0.3, -0.25) is 14.5 Å². The Hall–Kier alpha value is -3.06. The van der Waals surface area contributed by atoms with Crippen LogP contribution in [0.15, 0.2) is 36.4 Å². The van der Waals surface area contributed by atoms with Crippen LogP contribution in [-0.2, 0) is 15.1 Å². The first kappa shape index (κ1) is 20.7. The smallest absolute Gasteiger partial charge is 0.325 e. The minimum atomic E-state index is -1.26. The zero-order valence-corrected chi connectivity index (χ0v) is 17.4. The Kier molecular flexibility index (Phi) is 5.53. The van der Waals surface area contributed by atoms with Gasteiger partial charge in [-0.1, -0.05) is 23.7 Å². The molecule has 4 amide bonds. The van der Waals surface area contributed by atoms with E-state index >= 15 is 0 Å². The number of anilines is 1. The van der Waals surface area contributed by atoms with Crippen molar-refractivity contribution < 1.29 is 19.1 Å². The Balaban J connectivity index is 1.76. The van der Waals surface area contributed by atoms with Gasteiger partial charge in [0.1, 0.15) is 17.8 Å². The first-order chi connectivity index (χ1) is 13.7. The van der Waals surface area contributed by atoms with E-state index in [9.17, 15) is 14.4 Å². The molecule has 1 unspecified atom stereocenters. The topological polar surface area (TPSA) is 87.7 Å². The van der Waals surface area contributed by atoms with Crippen molar-refractivity contribution in [3.05, 3.63) is 58.1 Å². The summed E-state index contributed by atoms with van der Waals surface area (Å²) in [5.74, 6) is -0.310. The summed E-state index contributed by atoms with van der Waals surface area (Å²) in [6, 6.07) is 9.72. The molecule has 0 bridgehead atoms. The lowest BCUT2D eigenvalue weighted by Gasteiger charge is -2.23. The lowest BCUT2D eigenvalue weighted by atomic mass is 9.90. The van der Waals surface area contributed by atoms with Crippen LogP contribution in [0.25, 0.3) is 0 Å². The zero-order valence-electron chi connectivity index (χ0n) is 16.6. The highest BCUT2D eigenvalue weighted by atomic mass is 35.5. The van der Waals surface area contributed by atoms with Crippen molar-refractivity contribution in [2.75, 3.05) is 19.0 Å². The number of imide groups is 1. The molecule has 29 heavy (non-hydrogen) atoms. The molecule has 0 aliphatic carbocycles. The SMILES string of the molecule is COc1ccc(C2(C)NC(=O)N(CC(=O)Nc3ccc(C)c(Cl)c3)C2=O)cc1C. The summed E-state index contributed by atoms with van der Waals surface area (Å²) in [7, 11) is 1.56. The largest absolute Gasteiger partial charge is 0.496 e. The third kappa shape index (κ3) is 3.91. The number of methoxy groups -OCH3 is 1. The average molecular weight is 416 g/mol. The van der Waals surface area contributed by atoms with Crippen LogP contribution in [0.4, 0.5) is 10.5 Å². The minimum Gasteiger partial charge on any atom is -0.496 e. The summed E-state index contributed by atoms with van der Waals surface area (Å²) in [5, 5.41) is 5.86. The molecule has 3 rings (SSSR count). The third-order valence-corrected chi connectivity index (χ3v) is 5.41. The number of benzene rings is 2. The Bertz CT molecular complexity index is 1010. The van der Waals surface area contributed by atoms with Gasteiger partial charge in [0.05, 0.1) is 7.11 Å². The van der Waals surface area contributed by atoms with E-state index in [1.165, 1.54) is 0 Å². The zero-order chi connectivity index (χ0) is 21.3. The van der Waals surface area contributed by atoms with Crippen molar-refractivity contribution in [3.63, 3.8) is 0 Å². The van der Waals surface area contributed by atoms with Crippen molar-refractivity contribution in [2.24, 2.45) is 0 Å². The molecule has 2 N–H and O–H groups in total. The van der Waals surface area contributed by atoms with Gasteiger partial charge in [0, 0.05) is 10.7 Å². The number of carbonyl (C=O) groups is 3. The Morgan fingerprint density at radius 1 is 1.17 bits per heavy atom. The number of carbonyl (C=O) groups excluding carboxylic acids is 3. The molecular weight excluding hydrogens is 394 g/mol. The molecular formula is C21H22ClN3O4. The number of amides is 4. The molecule has 1 atom stereocenters. The summed E-state index contributed by atoms with van der Waals surface area (Å²) in [4.78, 5) is 38.7. The Morgan fingerprint density at radius 2 is 1.90 bits per heavy atom. The average Bonchev–Trinajstić information content (AvgIpc) is 2.88. The van der Waals surface area contributed by atoms with E-state index in [1.807, 2.05) is 13.8 Å². The molecule has 0 saturated carbocycles. The maximum Gasteiger partial charge on any atom is 0.325 e. The fraction of sp³-hybridized carbons (Fsp3) is 0.286. The van der Waals surface area contributed by atoms with Crippen LogP contribution in [0, 0.1) is 13.8 Å². The number of halogens is 1. The van der Waals surface area contributed by atoms with Crippen molar-refractivity contribution in [1.82, 2.24) is 10.2 Å². The summed E-state index contributed by atoms with van der Waals surface area (Å²) in [6.07, 6.45) is 0.